The number of para-hydroxylation sites is 1. The van der Waals surface area contributed by atoms with Crippen LogP contribution in [-0.4, -0.2) is 29.9 Å². The maximum atomic E-state index is 12.3. The molecule has 2 aromatic rings. The van der Waals surface area contributed by atoms with Crippen molar-refractivity contribution in [2.24, 2.45) is 5.73 Å². The number of nitrogens with two attached hydrogens (primary N) is 1. The van der Waals surface area contributed by atoms with Crippen molar-refractivity contribution in [2.75, 3.05) is 13.2 Å². The number of hydrogen-bond acceptors (Lipinski definition) is 5. The van der Waals surface area contributed by atoms with Crippen LogP contribution >= 0.6 is 11.3 Å². The van der Waals surface area contributed by atoms with E-state index in [1.54, 1.807) is 35.6 Å². The van der Waals surface area contributed by atoms with Crippen LogP contribution in [0.25, 0.3) is 0 Å². The van der Waals surface area contributed by atoms with Gasteiger partial charge in [0.2, 0.25) is 0 Å². The molecule has 0 aliphatic carbocycles. The Morgan fingerprint density at radius 3 is 2.70 bits per heavy atom. The number of carbonyl (C=O) groups is 2. The van der Waals surface area contributed by atoms with E-state index in [0.717, 1.165) is 17.1 Å². The van der Waals surface area contributed by atoms with Crippen molar-refractivity contribution < 1.29 is 14.3 Å². The van der Waals surface area contributed by atoms with Gasteiger partial charge in [-0.05, 0) is 26.0 Å². The Hall–Kier alpha value is -2.41. The molecule has 1 aromatic carbocycles. The van der Waals surface area contributed by atoms with E-state index in [-0.39, 0.29) is 12.5 Å². The molecule has 7 heteroatoms. The van der Waals surface area contributed by atoms with E-state index < -0.39 is 5.91 Å². The topological polar surface area (TPSA) is 94.3 Å². The lowest BCUT2D eigenvalue weighted by Gasteiger charge is -2.10. The van der Waals surface area contributed by atoms with Crippen LogP contribution in [0.2, 0.25) is 0 Å². The van der Waals surface area contributed by atoms with E-state index in [2.05, 4.69) is 10.3 Å². The first-order chi connectivity index (χ1) is 11.0. The number of carbonyl (C=O) groups excluding carboxylic acids is 2. The van der Waals surface area contributed by atoms with Crippen molar-refractivity contribution in [3.05, 3.63) is 45.4 Å². The molecule has 6 nitrogen and oxygen atoms in total. The van der Waals surface area contributed by atoms with Gasteiger partial charge in [-0.3, -0.25) is 9.59 Å². The number of hydrogen-bond donors (Lipinski definition) is 2. The predicted octanol–water partition coefficient (Wildman–Crippen LogP) is 1.60. The minimum absolute atomic E-state index is 0.246. The van der Waals surface area contributed by atoms with Crippen molar-refractivity contribution >= 4 is 23.2 Å². The summed E-state index contributed by atoms with van der Waals surface area (Å²) >= 11 is 1.64. The van der Waals surface area contributed by atoms with E-state index in [1.807, 2.05) is 13.8 Å². The first kappa shape index (κ1) is 17.0. The molecule has 122 valence electrons. The fourth-order valence-corrected chi connectivity index (χ4v) is 3.06. The van der Waals surface area contributed by atoms with E-state index >= 15 is 0 Å². The van der Waals surface area contributed by atoms with Crippen LogP contribution < -0.4 is 15.8 Å². The summed E-state index contributed by atoms with van der Waals surface area (Å²) in [4.78, 5) is 28.6. The number of aryl methyl sites for hydroxylation is 2. The van der Waals surface area contributed by atoms with Crippen LogP contribution in [0.15, 0.2) is 24.3 Å². The summed E-state index contributed by atoms with van der Waals surface area (Å²) in [5.74, 6) is -0.492. The van der Waals surface area contributed by atoms with Gasteiger partial charge in [-0.1, -0.05) is 12.1 Å². The monoisotopic (exact) mass is 333 g/mol. The molecule has 23 heavy (non-hydrogen) atoms. The largest absolute Gasteiger partial charge is 0.483 e. The van der Waals surface area contributed by atoms with Gasteiger partial charge in [0.25, 0.3) is 11.8 Å². The third-order valence-corrected chi connectivity index (χ3v) is 4.27. The Morgan fingerprint density at radius 2 is 2.04 bits per heavy atom. The van der Waals surface area contributed by atoms with Crippen molar-refractivity contribution in [3.8, 4) is 5.75 Å². The molecule has 0 saturated heterocycles. The maximum absolute atomic E-state index is 12.3. The molecule has 0 fully saturated rings. The van der Waals surface area contributed by atoms with E-state index in [1.165, 1.54) is 4.88 Å². The molecular weight excluding hydrogens is 314 g/mol. The highest BCUT2D eigenvalue weighted by atomic mass is 32.1. The average Bonchev–Trinajstić information content (AvgIpc) is 2.83. The van der Waals surface area contributed by atoms with Crippen molar-refractivity contribution in [1.29, 1.82) is 0 Å². The minimum atomic E-state index is -0.587. The van der Waals surface area contributed by atoms with Gasteiger partial charge in [0, 0.05) is 17.8 Å². The number of ether oxygens (including phenoxy) is 1. The molecule has 0 atom stereocenters. The van der Waals surface area contributed by atoms with Gasteiger partial charge in [0.1, 0.15) is 5.75 Å². The van der Waals surface area contributed by atoms with Crippen LogP contribution in [0.5, 0.6) is 5.75 Å². The Bertz CT molecular complexity index is 712. The minimum Gasteiger partial charge on any atom is -0.483 e. The van der Waals surface area contributed by atoms with Gasteiger partial charge in [0.05, 0.1) is 16.3 Å². The zero-order valence-electron chi connectivity index (χ0n) is 13.1. The van der Waals surface area contributed by atoms with Gasteiger partial charge in [-0.15, -0.1) is 11.3 Å². The fourth-order valence-electron chi connectivity index (χ4n) is 2.12. The molecule has 0 unspecified atom stereocenters. The number of primary amides is 1. The Morgan fingerprint density at radius 1 is 1.30 bits per heavy atom. The second kappa shape index (κ2) is 7.73. The zero-order valence-corrected chi connectivity index (χ0v) is 13.9. The van der Waals surface area contributed by atoms with Crippen LogP contribution in [0.4, 0.5) is 0 Å². The molecule has 0 saturated carbocycles. The molecule has 0 radical (unpaired) electrons. The number of aromatic nitrogens is 1. The first-order valence-corrected chi connectivity index (χ1v) is 8.00. The summed E-state index contributed by atoms with van der Waals surface area (Å²) in [6.07, 6.45) is 0.730. The van der Waals surface area contributed by atoms with Crippen LogP contribution in [0.1, 0.15) is 25.9 Å². The summed E-state index contributed by atoms with van der Waals surface area (Å²) in [5, 5.41) is 3.88. The summed E-state index contributed by atoms with van der Waals surface area (Å²) in [5.41, 5.74) is 6.44. The lowest BCUT2D eigenvalue weighted by molar-refractivity contribution is -0.119. The highest BCUT2D eigenvalue weighted by Crippen LogP contribution is 2.19. The smallest absolute Gasteiger partial charge is 0.255 e. The van der Waals surface area contributed by atoms with Crippen LogP contribution in [0.3, 0.4) is 0 Å². The molecule has 2 amide bonds. The van der Waals surface area contributed by atoms with Crippen LogP contribution in [-0.2, 0) is 11.2 Å². The Balaban J connectivity index is 1.95. The van der Waals surface area contributed by atoms with Gasteiger partial charge < -0.3 is 15.8 Å². The average molecular weight is 333 g/mol. The quantitative estimate of drug-likeness (QED) is 0.804. The lowest BCUT2D eigenvalue weighted by Crippen LogP contribution is -2.27. The Kier molecular flexibility index (Phi) is 5.70. The summed E-state index contributed by atoms with van der Waals surface area (Å²) < 4.78 is 5.26. The zero-order chi connectivity index (χ0) is 16.8. The highest BCUT2D eigenvalue weighted by molar-refractivity contribution is 7.11. The lowest BCUT2D eigenvalue weighted by atomic mass is 10.2. The van der Waals surface area contributed by atoms with Gasteiger partial charge in [-0.2, -0.15) is 0 Å². The molecule has 1 aromatic heterocycles. The number of amides is 2. The number of rotatable bonds is 7. The molecule has 0 bridgehead atoms. The molecular formula is C16H19N3O3S. The molecule has 1 heterocycles. The van der Waals surface area contributed by atoms with Gasteiger partial charge >= 0.3 is 0 Å². The molecule has 0 aliphatic heterocycles. The molecule has 2 rings (SSSR count). The highest BCUT2D eigenvalue weighted by Gasteiger charge is 2.13. The van der Waals surface area contributed by atoms with Gasteiger partial charge in [0.15, 0.2) is 6.61 Å². The summed E-state index contributed by atoms with van der Waals surface area (Å²) in [6, 6.07) is 6.75. The number of nitrogens with zero attached hydrogens (tertiary/aromatic N) is 1. The third kappa shape index (κ3) is 4.79. The van der Waals surface area contributed by atoms with Crippen molar-refractivity contribution in [1.82, 2.24) is 10.3 Å². The number of benzene rings is 1. The second-order valence-electron chi connectivity index (χ2n) is 5.00. The normalized spacial score (nSPS) is 10.3. The molecule has 0 spiro atoms. The SMILES string of the molecule is Cc1nc(C)c(CCNC(=O)c2ccccc2OCC(N)=O)s1. The number of nitrogens with one attached hydrogen (secondary N) is 1. The van der Waals surface area contributed by atoms with E-state index in [9.17, 15) is 9.59 Å². The molecule has 0 aliphatic rings. The van der Waals surface area contributed by atoms with Crippen molar-refractivity contribution in [2.45, 2.75) is 20.3 Å². The summed E-state index contributed by atoms with van der Waals surface area (Å²) in [7, 11) is 0. The standard InChI is InChI=1S/C16H19N3O3S/c1-10-14(23-11(2)19-10)7-8-18-16(21)12-5-3-4-6-13(12)22-9-15(17)20/h3-6H,7-9H2,1-2H3,(H2,17,20)(H,18,21). The van der Waals surface area contributed by atoms with Crippen LogP contribution in [0, 0.1) is 13.8 Å². The van der Waals surface area contributed by atoms with E-state index in [4.69, 9.17) is 10.5 Å². The number of thiazole rings is 1. The maximum Gasteiger partial charge on any atom is 0.255 e. The molecule has 3 N–H and O–H groups in total. The van der Waals surface area contributed by atoms with E-state index in [0.29, 0.717) is 17.9 Å². The first-order valence-electron chi connectivity index (χ1n) is 7.18. The third-order valence-electron chi connectivity index (χ3n) is 3.14. The second-order valence-corrected chi connectivity index (χ2v) is 6.29. The summed E-state index contributed by atoms with van der Waals surface area (Å²) in [6.45, 7) is 4.18. The fraction of sp³-hybridized carbons (Fsp3) is 0.312. The van der Waals surface area contributed by atoms with Gasteiger partial charge in [-0.25, -0.2) is 4.98 Å². The Labute approximate surface area is 138 Å². The predicted molar refractivity (Wildman–Crippen MR) is 88.8 cm³/mol. The van der Waals surface area contributed by atoms with Crippen molar-refractivity contribution in [3.63, 3.8) is 0 Å².